The van der Waals surface area contributed by atoms with Crippen LogP contribution in [0, 0.1) is 11.3 Å². The molecule has 0 fully saturated rings. The summed E-state index contributed by atoms with van der Waals surface area (Å²) in [5.41, 5.74) is -2.02. The first-order valence-electron chi connectivity index (χ1n) is 10.0. The Morgan fingerprint density at radius 1 is 1.12 bits per heavy atom. The van der Waals surface area contributed by atoms with Gasteiger partial charge in [0, 0.05) is 23.7 Å². The van der Waals surface area contributed by atoms with Crippen LogP contribution in [0.1, 0.15) is 31.9 Å². The molecule has 0 aromatic heterocycles. The fourth-order valence-electron chi connectivity index (χ4n) is 3.28. The number of amides is 1. The van der Waals surface area contributed by atoms with Gasteiger partial charge in [0.15, 0.2) is 0 Å². The molecule has 0 saturated heterocycles. The van der Waals surface area contributed by atoms with Gasteiger partial charge in [0.1, 0.15) is 12.3 Å². The standard InChI is InChI=1S/C24H23F3N4O3/c1-4-29-31(20-10-8-17(13-28)9-11-20)22(23(2,3)34)18(15-32)14-30(16-33)21-7-5-6-19(12-21)24(25,26)27/h4-12,14-16,22,34H,1-3H3/b18-14+,29-4-. The molecule has 7 nitrogen and oxygen atoms in total. The van der Waals surface area contributed by atoms with E-state index < -0.39 is 23.4 Å². The van der Waals surface area contributed by atoms with Crippen LogP contribution in [-0.4, -0.2) is 35.7 Å². The molecule has 178 valence electrons. The summed E-state index contributed by atoms with van der Waals surface area (Å²) in [5, 5.41) is 25.5. The topological polar surface area (TPSA) is 97.0 Å². The quantitative estimate of drug-likeness (QED) is 0.254. The van der Waals surface area contributed by atoms with Gasteiger partial charge in [-0.1, -0.05) is 6.07 Å². The lowest BCUT2D eigenvalue weighted by Crippen LogP contribution is -2.49. The van der Waals surface area contributed by atoms with Crippen LogP contribution < -0.4 is 9.91 Å². The summed E-state index contributed by atoms with van der Waals surface area (Å²) in [6.07, 6.45) is -1.49. The van der Waals surface area contributed by atoms with Crippen LogP contribution in [0.2, 0.25) is 0 Å². The highest BCUT2D eigenvalue weighted by atomic mass is 19.4. The molecular weight excluding hydrogens is 449 g/mol. The molecule has 0 saturated carbocycles. The van der Waals surface area contributed by atoms with Crippen LogP contribution in [0.5, 0.6) is 0 Å². The second-order valence-electron chi connectivity index (χ2n) is 7.74. The van der Waals surface area contributed by atoms with E-state index >= 15 is 0 Å². The molecule has 0 aliphatic carbocycles. The zero-order chi connectivity index (χ0) is 25.5. The number of alkyl halides is 3. The summed E-state index contributed by atoms with van der Waals surface area (Å²) in [6, 6.07) is 11.1. The highest BCUT2D eigenvalue weighted by molar-refractivity contribution is 5.84. The average Bonchev–Trinajstić information content (AvgIpc) is 2.79. The predicted molar refractivity (Wildman–Crippen MR) is 122 cm³/mol. The van der Waals surface area contributed by atoms with Crippen LogP contribution in [0.4, 0.5) is 24.5 Å². The van der Waals surface area contributed by atoms with Gasteiger partial charge in [0.2, 0.25) is 6.41 Å². The monoisotopic (exact) mass is 472 g/mol. The number of halogens is 3. The largest absolute Gasteiger partial charge is 0.416 e. The second-order valence-corrected chi connectivity index (χ2v) is 7.74. The van der Waals surface area contributed by atoms with Gasteiger partial charge in [0.25, 0.3) is 0 Å². The first kappa shape index (κ1) is 26.3. The van der Waals surface area contributed by atoms with Crippen molar-refractivity contribution in [2.24, 2.45) is 5.10 Å². The summed E-state index contributed by atoms with van der Waals surface area (Å²) in [6.45, 7) is 4.46. The van der Waals surface area contributed by atoms with Crippen LogP contribution in [-0.2, 0) is 15.8 Å². The van der Waals surface area contributed by atoms with Crippen LogP contribution >= 0.6 is 0 Å². The third kappa shape index (κ3) is 6.30. The Kier molecular flexibility index (Phi) is 8.32. The molecule has 1 N–H and O–H groups in total. The number of hydrogen-bond donors (Lipinski definition) is 1. The maximum Gasteiger partial charge on any atom is 0.416 e. The van der Waals surface area contributed by atoms with Gasteiger partial charge in [-0.15, -0.1) is 0 Å². The van der Waals surface area contributed by atoms with E-state index in [1.54, 1.807) is 19.1 Å². The number of rotatable bonds is 9. The lowest BCUT2D eigenvalue weighted by atomic mass is 9.91. The minimum atomic E-state index is -4.63. The molecule has 0 spiro atoms. The number of nitriles is 1. The van der Waals surface area contributed by atoms with Gasteiger partial charge in [-0.3, -0.25) is 19.5 Å². The van der Waals surface area contributed by atoms with E-state index in [9.17, 15) is 27.9 Å². The van der Waals surface area contributed by atoms with Crippen LogP contribution in [0.15, 0.2) is 65.4 Å². The van der Waals surface area contributed by atoms with E-state index in [4.69, 9.17) is 5.26 Å². The van der Waals surface area contributed by atoms with Crippen LogP contribution in [0.25, 0.3) is 0 Å². The van der Waals surface area contributed by atoms with Gasteiger partial charge in [-0.05, 0) is 63.2 Å². The number of aldehydes is 1. The van der Waals surface area contributed by atoms with Crippen molar-refractivity contribution < 1.29 is 27.9 Å². The molecule has 0 radical (unpaired) electrons. The Labute approximate surface area is 195 Å². The van der Waals surface area contributed by atoms with Crippen molar-refractivity contribution in [2.75, 3.05) is 9.91 Å². The molecule has 0 aliphatic rings. The molecule has 2 aromatic rings. The van der Waals surface area contributed by atoms with Gasteiger partial charge >= 0.3 is 6.18 Å². The molecule has 1 atom stereocenters. The Morgan fingerprint density at radius 2 is 1.76 bits per heavy atom. The third-order valence-corrected chi connectivity index (χ3v) is 4.74. The molecular formula is C24H23F3N4O3. The molecule has 0 aliphatic heterocycles. The van der Waals surface area contributed by atoms with E-state index in [0.29, 0.717) is 17.5 Å². The zero-order valence-corrected chi connectivity index (χ0v) is 18.7. The van der Waals surface area contributed by atoms with Crippen molar-refractivity contribution in [3.63, 3.8) is 0 Å². The molecule has 1 amide bonds. The third-order valence-electron chi connectivity index (χ3n) is 4.74. The Morgan fingerprint density at radius 3 is 2.24 bits per heavy atom. The predicted octanol–water partition coefficient (Wildman–Crippen LogP) is 4.27. The minimum absolute atomic E-state index is 0.123. The van der Waals surface area contributed by atoms with Gasteiger partial charge in [-0.25, -0.2) is 0 Å². The number of nitrogens with zero attached hydrogens (tertiary/aromatic N) is 4. The normalized spacial score (nSPS) is 13.3. The lowest BCUT2D eigenvalue weighted by Gasteiger charge is -2.37. The second kappa shape index (κ2) is 10.8. The van der Waals surface area contributed by atoms with Crippen molar-refractivity contribution in [3.8, 4) is 6.07 Å². The molecule has 10 heteroatoms. The molecule has 2 aromatic carbocycles. The van der Waals surface area contributed by atoms with E-state index in [1.807, 2.05) is 6.07 Å². The number of carbonyl (C=O) groups excluding carboxylic acids is 2. The number of aliphatic hydroxyl groups is 1. The summed E-state index contributed by atoms with van der Waals surface area (Å²) in [7, 11) is 0. The lowest BCUT2D eigenvalue weighted by molar-refractivity contribution is -0.137. The summed E-state index contributed by atoms with van der Waals surface area (Å²) < 4.78 is 39.4. The van der Waals surface area contributed by atoms with Gasteiger partial charge < -0.3 is 5.11 Å². The zero-order valence-electron chi connectivity index (χ0n) is 18.7. The molecule has 2 rings (SSSR count). The minimum Gasteiger partial charge on any atom is -0.388 e. The Balaban J connectivity index is 2.63. The fraction of sp³-hybridized carbons (Fsp3) is 0.250. The average molecular weight is 472 g/mol. The number of carbonyl (C=O) groups is 2. The molecule has 1 unspecified atom stereocenters. The van der Waals surface area contributed by atoms with E-state index in [-0.39, 0.29) is 17.7 Å². The Bertz CT molecular complexity index is 1110. The van der Waals surface area contributed by atoms with E-state index in [1.165, 1.54) is 43.3 Å². The molecule has 0 heterocycles. The van der Waals surface area contributed by atoms with Gasteiger partial charge in [0.05, 0.1) is 28.5 Å². The van der Waals surface area contributed by atoms with E-state index in [0.717, 1.165) is 29.3 Å². The van der Waals surface area contributed by atoms with Crippen molar-refractivity contribution in [3.05, 3.63) is 71.4 Å². The fourth-order valence-corrected chi connectivity index (χ4v) is 3.28. The number of benzene rings is 2. The highest BCUT2D eigenvalue weighted by Crippen LogP contribution is 2.33. The van der Waals surface area contributed by atoms with Crippen molar-refractivity contribution in [1.82, 2.24) is 0 Å². The van der Waals surface area contributed by atoms with Crippen LogP contribution in [0.3, 0.4) is 0 Å². The first-order chi connectivity index (χ1) is 16.0. The molecule has 0 bridgehead atoms. The maximum atomic E-state index is 13.1. The van der Waals surface area contributed by atoms with E-state index in [2.05, 4.69) is 5.10 Å². The number of anilines is 2. The summed E-state index contributed by atoms with van der Waals surface area (Å²) >= 11 is 0. The van der Waals surface area contributed by atoms with Gasteiger partial charge in [-0.2, -0.15) is 23.5 Å². The van der Waals surface area contributed by atoms with Crippen molar-refractivity contribution in [2.45, 2.75) is 38.6 Å². The smallest absolute Gasteiger partial charge is 0.388 e. The SMILES string of the molecule is C/C=N\N(c1ccc(C#N)cc1)C(/C(C=O)=C/N(C=O)c1cccc(C(F)(F)F)c1)C(C)(C)O. The van der Waals surface area contributed by atoms with Crippen molar-refractivity contribution >= 4 is 30.3 Å². The maximum absolute atomic E-state index is 13.1. The molecule has 34 heavy (non-hydrogen) atoms. The number of hydrazone groups is 1. The van der Waals surface area contributed by atoms with Crippen molar-refractivity contribution in [1.29, 1.82) is 5.26 Å². The Hall–Kier alpha value is -3.97. The first-order valence-corrected chi connectivity index (χ1v) is 10.0. The summed E-state index contributed by atoms with van der Waals surface area (Å²) in [4.78, 5) is 24.7. The number of hydrogen-bond acceptors (Lipinski definition) is 6. The highest BCUT2D eigenvalue weighted by Gasteiger charge is 2.37. The summed E-state index contributed by atoms with van der Waals surface area (Å²) in [5.74, 6) is 0.